The summed E-state index contributed by atoms with van der Waals surface area (Å²) in [6.45, 7) is -0.248. The van der Waals surface area contributed by atoms with E-state index >= 15 is 0 Å². The third kappa shape index (κ3) is 2.06. The number of nitrogens with one attached hydrogen (secondary N) is 2. The fourth-order valence-corrected chi connectivity index (χ4v) is 1.61. The number of H-pyrrole nitrogens is 1. The van der Waals surface area contributed by atoms with Crippen LogP contribution in [0.1, 0.15) is 10.5 Å². The Balaban J connectivity index is 2.15. The second kappa shape index (κ2) is 3.97. The van der Waals surface area contributed by atoms with Crippen LogP contribution in [0.25, 0.3) is 0 Å². The molecular weight excluding hydrogens is 234 g/mol. The van der Waals surface area contributed by atoms with Crippen molar-refractivity contribution in [2.24, 2.45) is 0 Å². The molecule has 1 aromatic heterocycles. The van der Waals surface area contributed by atoms with Gasteiger partial charge in [0.2, 0.25) is 11.8 Å². The van der Waals surface area contributed by atoms with Crippen molar-refractivity contribution in [3.05, 3.63) is 23.0 Å². The molecule has 0 atom stereocenters. The van der Waals surface area contributed by atoms with Gasteiger partial charge < -0.3 is 9.88 Å². The predicted molar refractivity (Wildman–Crippen MR) is 54.9 cm³/mol. The SMILES string of the molecule is O=C1CN(C(=O)c2cc(Cl)c[nH]2)CC(=O)N1. The number of piperazine rings is 1. The number of amides is 3. The van der Waals surface area contributed by atoms with Gasteiger partial charge in [0, 0.05) is 6.20 Å². The van der Waals surface area contributed by atoms with Gasteiger partial charge in [0.1, 0.15) is 18.8 Å². The first-order valence-electron chi connectivity index (χ1n) is 4.52. The molecular formula is C9H8ClN3O3. The van der Waals surface area contributed by atoms with E-state index in [2.05, 4.69) is 10.3 Å². The van der Waals surface area contributed by atoms with Gasteiger partial charge in [0.05, 0.1) is 5.02 Å². The van der Waals surface area contributed by atoms with Gasteiger partial charge in [-0.3, -0.25) is 19.7 Å². The van der Waals surface area contributed by atoms with E-state index in [1.54, 1.807) is 0 Å². The van der Waals surface area contributed by atoms with Crippen LogP contribution in [-0.4, -0.2) is 40.7 Å². The van der Waals surface area contributed by atoms with E-state index in [-0.39, 0.29) is 18.8 Å². The average Bonchev–Trinajstić information content (AvgIpc) is 2.62. The molecule has 0 aliphatic carbocycles. The van der Waals surface area contributed by atoms with Crippen LogP contribution in [0.3, 0.4) is 0 Å². The second-order valence-corrected chi connectivity index (χ2v) is 3.80. The van der Waals surface area contributed by atoms with Crippen LogP contribution in [0.2, 0.25) is 5.02 Å². The fraction of sp³-hybridized carbons (Fsp3) is 0.222. The Morgan fingerprint density at radius 1 is 1.31 bits per heavy atom. The minimum atomic E-state index is -0.484. The zero-order valence-electron chi connectivity index (χ0n) is 8.12. The molecule has 16 heavy (non-hydrogen) atoms. The zero-order valence-corrected chi connectivity index (χ0v) is 8.87. The Labute approximate surface area is 95.6 Å². The highest BCUT2D eigenvalue weighted by Gasteiger charge is 2.27. The van der Waals surface area contributed by atoms with Crippen molar-refractivity contribution in [1.82, 2.24) is 15.2 Å². The summed E-state index contributed by atoms with van der Waals surface area (Å²) in [5, 5.41) is 2.51. The summed E-state index contributed by atoms with van der Waals surface area (Å²) in [4.78, 5) is 37.8. The van der Waals surface area contributed by atoms with Crippen LogP contribution in [0.4, 0.5) is 0 Å². The summed E-state index contributed by atoms with van der Waals surface area (Å²) in [6, 6.07) is 1.45. The van der Waals surface area contributed by atoms with Crippen molar-refractivity contribution in [3.8, 4) is 0 Å². The number of nitrogens with zero attached hydrogens (tertiary/aromatic N) is 1. The number of imide groups is 1. The molecule has 1 saturated heterocycles. The molecule has 0 unspecified atom stereocenters. The number of carbonyl (C=O) groups excluding carboxylic acids is 3. The number of hydrogen-bond donors (Lipinski definition) is 2. The molecule has 1 fully saturated rings. The van der Waals surface area contributed by atoms with Gasteiger partial charge in [-0.2, -0.15) is 0 Å². The van der Waals surface area contributed by atoms with Crippen LogP contribution in [0.15, 0.2) is 12.3 Å². The quantitative estimate of drug-likeness (QED) is 0.666. The second-order valence-electron chi connectivity index (χ2n) is 3.36. The smallest absolute Gasteiger partial charge is 0.271 e. The Morgan fingerprint density at radius 3 is 2.44 bits per heavy atom. The third-order valence-corrected chi connectivity index (χ3v) is 2.33. The van der Waals surface area contributed by atoms with Gasteiger partial charge in [-0.05, 0) is 6.07 Å². The zero-order chi connectivity index (χ0) is 11.7. The van der Waals surface area contributed by atoms with Crippen molar-refractivity contribution in [2.45, 2.75) is 0 Å². The van der Waals surface area contributed by atoms with E-state index in [0.29, 0.717) is 5.02 Å². The van der Waals surface area contributed by atoms with Crippen LogP contribution in [-0.2, 0) is 9.59 Å². The van der Waals surface area contributed by atoms with E-state index in [9.17, 15) is 14.4 Å². The lowest BCUT2D eigenvalue weighted by molar-refractivity contribution is -0.135. The molecule has 84 valence electrons. The summed E-state index contributed by atoms with van der Waals surface area (Å²) in [7, 11) is 0. The van der Waals surface area contributed by atoms with Crippen molar-refractivity contribution in [1.29, 1.82) is 0 Å². The highest BCUT2D eigenvalue weighted by Crippen LogP contribution is 2.12. The molecule has 0 radical (unpaired) electrons. The maximum Gasteiger partial charge on any atom is 0.271 e. The molecule has 6 nitrogen and oxygen atoms in total. The molecule has 0 saturated carbocycles. The highest BCUT2D eigenvalue weighted by atomic mass is 35.5. The average molecular weight is 242 g/mol. The van der Waals surface area contributed by atoms with Crippen molar-refractivity contribution in [3.63, 3.8) is 0 Å². The van der Waals surface area contributed by atoms with Crippen LogP contribution >= 0.6 is 11.6 Å². The summed E-state index contributed by atoms with van der Waals surface area (Å²) >= 11 is 5.65. The summed E-state index contributed by atoms with van der Waals surface area (Å²) < 4.78 is 0. The first-order chi connectivity index (χ1) is 7.56. The van der Waals surface area contributed by atoms with Gasteiger partial charge in [-0.15, -0.1) is 0 Å². The normalized spacial score (nSPS) is 16.2. The summed E-state index contributed by atoms with van der Waals surface area (Å²) in [6.07, 6.45) is 1.46. The van der Waals surface area contributed by atoms with Crippen LogP contribution in [0, 0.1) is 0 Å². The van der Waals surface area contributed by atoms with Crippen LogP contribution < -0.4 is 5.32 Å². The molecule has 3 amide bonds. The first kappa shape index (κ1) is 10.7. The molecule has 0 spiro atoms. The standard InChI is InChI=1S/C9H8ClN3O3/c10-5-1-6(11-2-5)9(16)13-3-7(14)12-8(15)4-13/h1-2,11H,3-4H2,(H,12,14,15). The van der Waals surface area contributed by atoms with Gasteiger partial charge in [0.15, 0.2) is 0 Å². The molecule has 0 aromatic carbocycles. The third-order valence-electron chi connectivity index (χ3n) is 2.11. The van der Waals surface area contributed by atoms with Crippen molar-refractivity contribution in [2.75, 3.05) is 13.1 Å². The first-order valence-corrected chi connectivity index (χ1v) is 4.90. The maximum atomic E-state index is 11.8. The number of rotatable bonds is 1. The minimum Gasteiger partial charge on any atom is -0.356 e. The topological polar surface area (TPSA) is 82.3 Å². The van der Waals surface area contributed by atoms with E-state index in [1.807, 2.05) is 0 Å². The number of halogens is 1. The molecule has 1 aromatic rings. The van der Waals surface area contributed by atoms with Gasteiger partial charge in [0.25, 0.3) is 5.91 Å². The van der Waals surface area contributed by atoms with Crippen molar-refractivity contribution >= 4 is 29.3 Å². The summed E-state index contributed by atoms with van der Waals surface area (Å²) in [5.74, 6) is -1.39. The van der Waals surface area contributed by atoms with Gasteiger partial charge in [-0.1, -0.05) is 11.6 Å². The molecule has 2 rings (SSSR count). The Bertz CT molecular complexity index is 452. The van der Waals surface area contributed by atoms with E-state index < -0.39 is 17.7 Å². The highest BCUT2D eigenvalue weighted by molar-refractivity contribution is 6.31. The lowest BCUT2D eigenvalue weighted by Crippen LogP contribution is -2.53. The number of aromatic nitrogens is 1. The largest absolute Gasteiger partial charge is 0.356 e. The Morgan fingerprint density at radius 2 is 1.94 bits per heavy atom. The van der Waals surface area contributed by atoms with Crippen LogP contribution in [0.5, 0.6) is 0 Å². The fourth-order valence-electron chi connectivity index (χ4n) is 1.44. The van der Waals surface area contributed by atoms with Crippen molar-refractivity contribution < 1.29 is 14.4 Å². The molecule has 0 bridgehead atoms. The number of hydrogen-bond acceptors (Lipinski definition) is 3. The van der Waals surface area contributed by atoms with Gasteiger partial charge in [-0.25, -0.2) is 0 Å². The Kier molecular flexibility index (Phi) is 2.66. The molecule has 7 heteroatoms. The molecule has 1 aliphatic heterocycles. The minimum absolute atomic E-state index is 0.124. The number of carbonyl (C=O) groups is 3. The summed E-state index contributed by atoms with van der Waals surface area (Å²) in [5.41, 5.74) is 0.257. The van der Waals surface area contributed by atoms with E-state index in [1.165, 1.54) is 12.3 Å². The molecule has 1 aliphatic rings. The van der Waals surface area contributed by atoms with Gasteiger partial charge >= 0.3 is 0 Å². The number of aromatic amines is 1. The lowest BCUT2D eigenvalue weighted by Gasteiger charge is -2.24. The lowest BCUT2D eigenvalue weighted by atomic mass is 10.3. The monoisotopic (exact) mass is 241 g/mol. The molecule has 2 heterocycles. The Hall–Kier alpha value is -1.82. The van der Waals surface area contributed by atoms with E-state index in [4.69, 9.17) is 11.6 Å². The molecule has 2 N–H and O–H groups in total. The van der Waals surface area contributed by atoms with E-state index in [0.717, 1.165) is 4.90 Å². The maximum absolute atomic E-state index is 11.8. The predicted octanol–water partition coefficient (Wildman–Crippen LogP) is -0.233.